The van der Waals surface area contributed by atoms with Crippen molar-refractivity contribution in [1.29, 1.82) is 0 Å². The summed E-state index contributed by atoms with van der Waals surface area (Å²) in [5.41, 5.74) is 2.35. The summed E-state index contributed by atoms with van der Waals surface area (Å²) < 4.78 is 50.8. The van der Waals surface area contributed by atoms with Gasteiger partial charge >= 0.3 is 0 Å². The summed E-state index contributed by atoms with van der Waals surface area (Å²) in [7, 11) is -7.90. The molecule has 0 bridgehead atoms. The van der Waals surface area contributed by atoms with Gasteiger partial charge in [0, 0.05) is 0 Å². The van der Waals surface area contributed by atoms with Gasteiger partial charge in [-0.25, -0.2) is 8.42 Å². The van der Waals surface area contributed by atoms with Crippen LogP contribution in [0.4, 0.5) is 0 Å². The molecule has 0 fully saturated rings. The molecule has 0 spiro atoms. The van der Waals surface area contributed by atoms with E-state index in [1.54, 1.807) is 36.4 Å². The van der Waals surface area contributed by atoms with Crippen molar-refractivity contribution < 1.29 is 16.8 Å². The molecular formula is C15H13N3O4S2. The van der Waals surface area contributed by atoms with Crippen LogP contribution in [0.25, 0.3) is 0 Å². The number of hydrogen-bond acceptors (Lipinski definition) is 6. The molecule has 7 nitrogen and oxygen atoms in total. The van der Waals surface area contributed by atoms with Gasteiger partial charge in [0.2, 0.25) is 9.84 Å². The molecule has 0 atom stereocenters. The Morgan fingerprint density at radius 2 is 1.33 bits per heavy atom. The number of sulfone groups is 1. The Kier molecular flexibility index (Phi) is 4.12. The van der Waals surface area contributed by atoms with E-state index in [0.717, 1.165) is 6.21 Å². The molecule has 1 aliphatic rings. The number of rotatable bonds is 4. The fourth-order valence-electron chi connectivity index (χ4n) is 2.01. The quantitative estimate of drug-likeness (QED) is 0.888. The average molecular weight is 363 g/mol. The molecule has 0 saturated heterocycles. The largest absolute Gasteiger partial charge is 0.297 e. The van der Waals surface area contributed by atoms with Crippen molar-refractivity contribution in [3.8, 4) is 0 Å². The van der Waals surface area contributed by atoms with Crippen LogP contribution in [0, 0.1) is 0 Å². The number of nitrogens with one attached hydrogen (secondary N) is 1. The van der Waals surface area contributed by atoms with Crippen LogP contribution in [0.15, 0.2) is 86.7 Å². The molecule has 2 aromatic rings. The lowest BCUT2D eigenvalue weighted by atomic mass is 10.4. The minimum absolute atomic E-state index is 0.00647. The highest BCUT2D eigenvalue weighted by atomic mass is 32.2. The second-order valence-corrected chi connectivity index (χ2v) is 8.47. The average Bonchev–Trinajstić information content (AvgIpc) is 2.63. The summed E-state index contributed by atoms with van der Waals surface area (Å²) in [6.07, 6.45) is 2.33. The normalized spacial score (nSPS) is 14.8. The summed E-state index contributed by atoms with van der Waals surface area (Å²) in [6.45, 7) is 0. The third kappa shape index (κ3) is 2.91. The Labute approximate surface area is 139 Å². The lowest BCUT2D eigenvalue weighted by Gasteiger charge is -2.24. The number of allylic oxidation sites excluding steroid dienone is 1. The van der Waals surface area contributed by atoms with Gasteiger partial charge in [0.25, 0.3) is 10.0 Å². The Hall–Kier alpha value is -2.65. The molecule has 0 aliphatic carbocycles. The molecular weight excluding hydrogens is 350 g/mol. The summed E-state index contributed by atoms with van der Waals surface area (Å²) in [5, 5.41) is 3.43. The van der Waals surface area contributed by atoms with Gasteiger partial charge in [0.15, 0.2) is 5.03 Å². The SMILES string of the molecule is O=S(=O)(C1=CC=NN(S(=O)(=O)c2ccccc2)N1)c1ccccc1. The van der Waals surface area contributed by atoms with E-state index >= 15 is 0 Å². The van der Waals surface area contributed by atoms with E-state index in [9.17, 15) is 16.8 Å². The molecule has 1 N–H and O–H groups in total. The highest BCUT2D eigenvalue weighted by Crippen LogP contribution is 2.21. The highest BCUT2D eigenvalue weighted by molar-refractivity contribution is 7.95. The number of hydrogen-bond donors (Lipinski definition) is 1. The van der Waals surface area contributed by atoms with E-state index in [2.05, 4.69) is 10.5 Å². The van der Waals surface area contributed by atoms with Gasteiger partial charge in [-0.2, -0.15) is 8.42 Å². The zero-order valence-corrected chi connectivity index (χ0v) is 13.9. The lowest BCUT2D eigenvalue weighted by Crippen LogP contribution is -2.42. The topological polar surface area (TPSA) is 95.9 Å². The zero-order chi connectivity index (χ0) is 17.2. The molecule has 0 amide bonds. The van der Waals surface area contributed by atoms with Crippen LogP contribution < -0.4 is 5.43 Å². The van der Waals surface area contributed by atoms with Gasteiger partial charge in [-0.05, 0) is 30.3 Å². The van der Waals surface area contributed by atoms with Crippen LogP contribution in [0.3, 0.4) is 0 Å². The molecule has 1 aliphatic heterocycles. The molecule has 9 heteroatoms. The second kappa shape index (κ2) is 6.10. The zero-order valence-electron chi connectivity index (χ0n) is 12.3. The van der Waals surface area contributed by atoms with Crippen LogP contribution in [0.5, 0.6) is 0 Å². The molecule has 24 heavy (non-hydrogen) atoms. The maximum absolute atomic E-state index is 12.6. The first-order valence-corrected chi connectivity index (χ1v) is 9.76. The smallest absolute Gasteiger partial charge is 0.256 e. The molecule has 0 unspecified atom stereocenters. The minimum Gasteiger partial charge on any atom is -0.256 e. The van der Waals surface area contributed by atoms with Gasteiger partial charge in [-0.3, -0.25) is 5.43 Å². The van der Waals surface area contributed by atoms with Crippen molar-refractivity contribution in [2.75, 3.05) is 0 Å². The van der Waals surface area contributed by atoms with Gasteiger partial charge in [0.1, 0.15) is 0 Å². The second-order valence-electron chi connectivity index (χ2n) is 4.78. The Bertz CT molecular complexity index is 999. The third-order valence-electron chi connectivity index (χ3n) is 3.22. The fourth-order valence-corrected chi connectivity index (χ4v) is 4.38. The summed E-state index contributed by atoms with van der Waals surface area (Å²) in [5.74, 6) is 0. The summed E-state index contributed by atoms with van der Waals surface area (Å²) in [4.78, 5) is 0.0455. The van der Waals surface area contributed by atoms with Gasteiger partial charge in [-0.1, -0.05) is 40.9 Å². The third-order valence-corrected chi connectivity index (χ3v) is 6.42. The molecule has 1 heterocycles. The van der Waals surface area contributed by atoms with Crippen molar-refractivity contribution in [2.45, 2.75) is 9.79 Å². The minimum atomic E-state index is -4.02. The van der Waals surface area contributed by atoms with Gasteiger partial charge in [-0.15, -0.1) is 5.10 Å². The van der Waals surface area contributed by atoms with Crippen LogP contribution in [0.2, 0.25) is 0 Å². The summed E-state index contributed by atoms with van der Waals surface area (Å²) in [6, 6.07) is 15.3. The molecule has 2 aromatic carbocycles. The molecule has 3 rings (SSSR count). The van der Waals surface area contributed by atoms with E-state index < -0.39 is 19.9 Å². The maximum Gasteiger partial charge on any atom is 0.297 e. The van der Waals surface area contributed by atoms with Crippen LogP contribution >= 0.6 is 0 Å². The Morgan fingerprint density at radius 1 is 0.792 bits per heavy atom. The number of benzene rings is 2. The van der Waals surface area contributed by atoms with Crippen molar-refractivity contribution >= 4 is 26.1 Å². The standard InChI is InChI=1S/C15H13N3O4S2/c19-23(20,13-7-3-1-4-8-13)15-11-12-16-18(17-15)24(21,22)14-9-5-2-6-10-14/h1-12,17H. The first-order valence-electron chi connectivity index (χ1n) is 6.84. The fraction of sp³-hybridized carbons (Fsp3) is 0. The molecule has 0 aromatic heterocycles. The van der Waals surface area contributed by atoms with Crippen molar-refractivity contribution in [3.05, 3.63) is 71.8 Å². The van der Waals surface area contributed by atoms with E-state index in [1.165, 1.54) is 30.3 Å². The monoisotopic (exact) mass is 363 g/mol. The molecule has 124 valence electrons. The van der Waals surface area contributed by atoms with E-state index in [0.29, 0.717) is 4.52 Å². The number of sulfonamides is 1. The van der Waals surface area contributed by atoms with Crippen molar-refractivity contribution in [3.63, 3.8) is 0 Å². The van der Waals surface area contributed by atoms with Crippen LogP contribution in [0.1, 0.15) is 0 Å². The Balaban J connectivity index is 1.94. The lowest BCUT2D eigenvalue weighted by molar-refractivity contribution is 0.370. The number of nitrogens with zero attached hydrogens (tertiary/aromatic N) is 2. The number of hydrazine groups is 1. The summed E-state index contributed by atoms with van der Waals surface area (Å²) >= 11 is 0. The first kappa shape index (κ1) is 16.2. The van der Waals surface area contributed by atoms with E-state index in [1.807, 2.05) is 0 Å². The van der Waals surface area contributed by atoms with Crippen LogP contribution in [-0.4, -0.2) is 27.6 Å². The predicted octanol–water partition coefficient (Wildman–Crippen LogP) is 1.50. The maximum atomic E-state index is 12.6. The number of hydrazone groups is 1. The van der Waals surface area contributed by atoms with Crippen molar-refractivity contribution in [2.24, 2.45) is 5.10 Å². The van der Waals surface area contributed by atoms with E-state index in [-0.39, 0.29) is 14.8 Å². The van der Waals surface area contributed by atoms with E-state index in [4.69, 9.17) is 0 Å². The molecule has 0 saturated carbocycles. The van der Waals surface area contributed by atoms with Gasteiger partial charge < -0.3 is 0 Å². The predicted molar refractivity (Wildman–Crippen MR) is 88.8 cm³/mol. The van der Waals surface area contributed by atoms with Gasteiger partial charge in [0.05, 0.1) is 16.0 Å². The Morgan fingerprint density at radius 3 is 1.92 bits per heavy atom. The van der Waals surface area contributed by atoms with Crippen molar-refractivity contribution in [1.82, 2.24) is 9.95 Å². The molecule has 0 radical (unpaired) electrons. The highest BCUT2D eigenvalue weighted by Gasteiger charge is 2.30. The van der Waals surface area contributed by atoms with Crippen LogP contribution in [-0.2, 0) is 19.9 Å². The first-order chi connectivity index (χ1) is 11.4.